The molecule has 0 aliphatic heterocycles. The molecular weight excluding hydrogens is 319 g/mol. The number of aromatic nitrogens is 3. The smallest absolute Gasteiger partial charge is 0.496 e. The van der Waals surface area contributed by atoms with Crippen LogP contribution < -0.4 is 9.47 Å². The summed E-state index contributed by atoms with van der Waals surface area (Å²) in [4.78, 5) is 11.8. The highest BCUT2D eigenvalue weighted by molar-refractivity contribution is 5.94. The number of carbonyl (C=O) groups is 1. The fourth-order valence-corrected chi connectivity index (χ4v) is 1.83. The van der Waals surface area contributed by atoms with Crippen molar-refractivity contribution in [3.63, 3.8) is 0 Å². The number of nitrogens with one attached hydrogen (secondary N) is 1. The number of alkyl halides is 3. The average Bonchev–Trinajstić information content (AvgIpc) is 2.95. The van der Waals surface area contributed by atoms with Crippen LogP contribution in [-0.2, 0) is 4.74 Å². The fraction of sp³-hybridized carbons (Fsp3) is 0.308. The fourth-order valence-electron chi connectivity index (χ4n) is 1.83. The third-order valence-corrected chi connectivity index (χ3v) is 2.68. The summed E-state index contributed by atoms with van der Waals surface area (Å²) < 4.78 is 50.8. The minimum Gasteiger partial charge on any atom is -0.496 e. The SMILES string of the molecule is CCOC(=O)c1n[nH]nc1-c1cc(OC(F)(F)F)ccc1OC. The Bertz CT molecular complexity index is 700. The summed E-state index contributed by atoms with van der Waals surface area (Å²) in [7, 11) is 1.33. The molecule has 10 heteroatoms. The molecule has 0 atom stereocenters. The summed E-state index contributed by atoms with van der Waals surface area (Å²) in [5.74, 6) is -1.05. The highest BCUT2D eigenvalue weighted by atomic mass is 19.4. The van der Waals surface area contributed by atoms with E-state index in [0.717, 1.165) is 12.1 Å². The summed E-state index contributed by atoms with van der Waals surface area (Å²) in [6, 6.07) is 3.40. The van der Waals surface area contributed by atoms with Gasteiger partial charge in [-0.05, 0) is 25.1 Å². The Morgan fingerprint density at radius 1 is 1.30 bits per heavy atom. The van der Waals surface area contributed by atoms with Crippen molar-refractivity contribution in [2.24, 2.45) is 0 Å². The van der Waals surface area contributed by atoms with Gasteiger partial charge in [0.05, 0.1) is 19.3 Å². The van der Waals surface area contributed by atoms with Crippen molar-refractivity contribution in [3.05, 3.63) is 23.9 Å². The minimum absolute atomic E-state index is 0.00655. The first-order chi connectivity index (χ1) is 10.9. The molecule has 0 saturated heterocycles. The second-order valence-electron chi connectivity index (χ2n) is 4.15. The van der Waals surface area contributed by atoms with E-state index in [1.807, 2.05) is 0 Å². The largest absolute Gasteiger partial charge is 0.573 e. The molecule has 0 aliphatic carbocycles. The molecule has 1 aromatic carbocycles. The van der Waals surface area contributed by atoms with Crippen LogP contribution >= 0.6 is 0 Å². The molecular formula is C13H12F3N3O4. The van der Waals surface area contributed by atoms with Gasteiger partial charge in [-0.2, -0.15) is 10.3 Å². The molecule has 1 N–H and O–H groups in total. The number of esters is 1. The van der Waals surface area contributed by atoms with Crippen LogP contribution in [0.1, 0.15) is 17.4 Å². The van der Waals surface area contributed by atoms with Crippen LogP contribution in [0.25, 0.3) is 11.3 Å². The third kappa shape index (κ3) is 3.90. The lowest BCUT2D eigenvalue weighted by Gasteiger charge is -2.12. The van der Waals surface area contributed by atoms with Gasteiger partial charge in [-0.3, -0.25) is 0 Å². The molecule has 124 valence electrons. The van der Waals surface area contributed by atoms with Crippen molar-refractivity contribution in [3.8, 4) is 22.8 Å². The quantitative estimate of drug-likeness (QED) is 0.848. The zero-order valence-electron chi connectivity index (χ0n) is 12.1. The molecule has 23 heavy (non-hydrogen) atoms. The van der Waals surface area contributed by atoms with Crippen LogP contribution in [0.5, 0.6) is 11.5 Å². The van der Waals surface area contributed by atoms with Crippen molar-refractivity contribution in [2.45, 2.75) is 13.3 Å². The summed E-state index contributed by atoms with van der Waals surface area (Å²) in [6.07, 6.45) is -4.85. The molecule has 2 aromatic rings. The highest BCUT2D eigenvalue weighted by Gasteiger charge is 2.32. The van der Waals surface area contributed by atoms with Crippen LogP contribution in [0.3, 0.4) is 0 Å². The molecule has 0 aliphatic rings. The molecule has 0 bridgehead atoms. The normalized spacial score (nSPS) is 11.2. The predicted molar refractivity (Wildman–Crippen MR) is 71.0 cm³/mol. The van der Waals surface area contributed by atoms with E-state index in [-0.39, 0.29) is 29.3 Å². The van der Waals surface area contributed by atoms with Gasteiger partial charge in [0.1, 0.15) is 17.2 Å². The van der Waals surface area contributed by atoms with Gasteiger partial charge in [0.15, 0.2) is 5.69 Å². The number of halogens is 3. The van der Waals surface area contributed by atoms with E-state index in [2.05, 4.69) is 20.1 Å². The second-order valence-corrected chi connectivity index (χ2v) is 4.15. The van der Waals surface area contributed by atoms with E-state index in [0.29, 0.717) is 0 Å². The maximum atomic E-state index is 12.3. The van der Waals surface area contributed by atoms with Gasteiger partial charge in [0.2, 0.25) is 0 Å². The lowest BCUT2D eigenvalue weighted by atomic mass is 10.1. The van der Waals surface area contributed by atoms with Gasteiger partial charge >= 0.3 is 12.3 Å². The van der Waals surface area contributed by atoms with E-state index in [9.17, 15) is 18.0 Å². The number of aromatic amines is 1. The van der Waals surface area contributed by atoms with Crippen LogP contribution in [0.15, 0.2) is 18.2 Å². The van der Waals surface area contributed by atoms with Crippen LogP contribution in [0, 0.1) is 0 Å². The van der Waals surface area contributed by atoms with Gasteiger partial charge in [-0.1, -0.05) is 0 Å². The molecule has 0 saturated carbocycles. The molecule has 0 fully saturated rings. The van der Waals surface area contributed by atoms with Crippen molar-refractivity contribution in [1.29, 1.82) is 0 Å². The first-order valence-corrected chi connectivity index (χ1v) is 6.37. The van der Waals surface area contributed by atoms with E-state index >= 15 is 0 Å². The topological polar surface area (TPSA) is 86.3 Å². The lowest BCUT2D eigenvalue weighted by Crippen LogP contribution is -2.17. The van der Waals surface area contributed by atoms with Crippen LogP contribution in [0.2, 0.25) is 0 Å². The number of benzene rings is 1. The van der Waals surface area contributed by atoms with E-state index in [4.69, 9.17) is 9.47 Å². The Labute approximate surface area is 128 Å². The lowest BCUT2D eigenvalue weighted by molar-refractivity contribution is -0.274. The van der Waals surface area contributed by atoms with Crippen LogP contribution in [-0.4, -0.2) is 41.5 Å². The molecule has 0 spiro atoms. The molecule has 0 radical (unpaired) electrons. The van der Waals surface area contributed by atoms with Crippen molar-refractivity contribution in [2.75, 3.05) is 13.7 Å². The number of hydrogen-bond acceptors (Lipinski definition) is 6. The number of methoxy groups -OCH3 is 1. The second kappa shape index (κ2) is 6.55. The molecule has 7 nitrogen and oxygen atoms in total. The van der Waals surface area contributed by atoms with Gasteiger partial charge < -0.3 is 14.2 Å². The Morgan fingerprint density at radius 2 is 2.04 bits per heavy atom. The predicted octanol–water partition coefficient (Wildman–Crippen LogP) is 2.56. The Kier molecular flexibility index (Phi) is 4.72. The van der Waals surface area contributed by atoms with Gasteiger partial charge in [-0.15, -0.1) is 18.3 Å². The van der Waals surface area contributed by atoms with Crippen molar-refractivity contribution < 1.29 is 32.2 Å². The minimum atomic E-state index is -4.85. The number of rotatable bonds is 5. The average molecular weight is 331 g/mol. The monoisotopic (exact) mass is 331 g/mol. The number of nitrogens with zero attached hydrogens (tertiary/aromatic N) is 2. The zero-order chi connectivity index (χ0) is 17.0. The molecule has 2 rings (SSSR count). The van der Waals surface area contributed by atoms with Crippen molar-refractivity contribution in [1.82, 2.24) is 15.4 Å². The van der Waals surface area contributed by atoms with Gasteiger partial charge in [0, 0.05) is 0 Å². The zero-order valence-corrected chi connectivity index (χ0v) is 12.1. The first-order valence-electron chi connectivity index (χ1n) is 6.37. The molecule has 0 amide bonds. The molecule has 1 aromatic heterocycles. The summed E-state index contributed by atoms with van der Waals surface area (Å²) >= 11 is 0. The summed E-state index contributed by atoms with van der Waals surface area (Å²) in [5.41, 5.74) is -0.0757. The van der Waals surface area contributed by atoms with Crippen molar-refractivity contribution >= 4 is 5.97 Å². The van der Waals surface area contributed by atoms with E-state index in [1.54, 1.807) is 6.92 Å². The summed E-state index contributed by atoms with van der Waals surface area (Å²) in [5, 5.41) is 9.68. The standard InChI is InChI=1S/C13H12F3N3O4/c1-3-22-12(20)11-10(17-19-18-11)8-6-7(23-13(14,15)16)4-5-9(8)21-2/h4-6H,3H2,1-2H3,(H,17,18,19). The van der Waals surface area contributed by atoms with Crippen LogP contribution in [0.4, 0.5) is 13.2 Å². The number of carbonyl (C=O) groups excluding carboxylic acids is 1. The van der Waals surface area contributed by atoms with Gasteiger partial charge in [-0.25, -0.2) is 4.79 Å². The maximum absolute atomic E-state index is 12.3. The Balaban J connectivity index is 2.48. The molecule has 0 unspecified atom stereocenters. The molecule has 1 heterocycles. The number of hydrogen-bond donors (Lipinski definition) is 1. The Morgan fingerprint density at radius 3 is 2.65 bits per heavy atom. The third-order valence-electron chi connectivity index (χ3n) is 2.68. The summed E-state index contributed by atoms with van der Waals surface area (Å²) in [6.45, 7) is 1.72. The number of ether oxygens (including phenoxy) is 3. The first kappa shape index (κ1) is 16.6. The highest BCUT2D eigenvalue weighted by Crippen LogP contribution is 2.35. The van der Waals surface area contributed by atoms with Gasteiger partial charge in [0.25, 0.3) is 0 Å². The number of H-pyrrole nitrogens is 1. The van der Waals surface area contributed by atoms with E-state index in [1.165, 1.54) is 13.2 Å². The maximum Gasteiger partial charge on any atom is 0.573 e. The Hall–Kier alpha value is -2.78. The van der Waals surface area contributed by atoms with E-state index < -0.39 is 18.1 Å².